The lowest BCUT2D eigenvalue weighted by Crippen LogP contribution is -2.39. The summed E-state index contributed by atoms with van der Waals surface area (Å²) in [6.45, 7) is 3.06. The van der Waals surface area contributed by atoms with Gasteiger partial charge in [0.2, 0.25) is 0 Å². The molecule has 1 unspecified atom stereocenters. The molecule has 4 aromatic rings. The van der Waals surface area contributed by atoms with Gasteiger partial charge < -0.3 is 14.2 Å². The van der Waals surface area contributed by atoms with Crippen LogP contribution in [0, 0.1) is 0 Å². The first kappa shape index (κ1) is 28.4. The molecule has 0 saturated carbocycles. The van der Waals surface area contributed by atoms with Crippen molar-refractivity contribution in [2.75, 3.05) is 7.11 Å². The first-order chi connectivity index (χ1) is 20.2. The van der Waals surface area contributed by atoms with Crippen LogP contribution in [-0.2, 0) is 25.7 Å². The summed E-state index contributed by atoms with van der Waals surface area (Å²) in [5.74, 6) is -1.21. The normalized spacial score (nSPS) is 14.5. The fraction of sp³-hybridized carbons (Fsp3) is 0.156. The van der Waals surface area contributed by atoms with E-state index in [-0.39, 0.29) is 17.7 Å². The van der Waals surface area contributed by atoms with Gasteiger partial charge >= 0.3 is 17.9 Å². The minimum Gasteiger partial charge on any atom is -0.465 e. The fourth-order valence-electron chi connectivity index (χ4n) is 4.60. The zero-order valence-corrected chi connectivity index (χ0v) is 23.8. The van der Waals surface area contributed by atoms with Crippen LogP contribution in [0.15, 0.2) is 99.9 Å². The second kappa shape index (κ2) is 12.2. The second-order valence-electron chi connectivity index (χ2n) is 9.42. The molecular formula is C32H26N2O7S. The number of fused-ring (bicyclic) bond motifs is 1. The lowest BCUT2D eigenvalue weighted by Gasteiger charge is -2.25. The van der Waals surface area contributed by atoms with E-state index >= 15 is 0 Å². The minimum absolute atomic E-state index is 0.0492. The van der Waals surface area contributed by atoms with Gasteiger partial charge in [-0.25, -0.2) is 14.6 Å². The van der Waals surface area contributed by atoms with Gasteiger partial charge in [0.05, 0.1) is 34.5 Å². The number of hydrogen-bond acceptors (Lipinski definition) is 9. The van der Waals surface area contributed by atoms with Gasteiger partial charge in [0.25, 0.3) is 5.56 Å². The van der Waals surface area contributed by atoms with Crippen molar-refractivity contribution in [2.24, 2.45) is 4.99 Å². The standard InChI is InChI=1S/C32H26N2O7S/c1-19-27(31(38)40-18-21-8-5-4-6-9-21)28(23-12-14-24(15-13-23)30(37)39-3)34-29(36)26(42-32(34)33-19)17-22-10-7-11-25(16-22)41-20(2)35/h4-17,28H,18H2,1-3H3. The van der Waals surface area contributed by atoms with Gasteiger partial charge in [-0.1, -0.05) is 65.9 Å². The highest BCUT2D eigenvalue weighted by atomic mass is 32.1. The maximum absolute atomic E-state index is 13.9. The molecule has 0 saturated heterocycles. The van der Waals surface area contributed by atoms with Crippen molar-refractivity contribution in [1.29, 1.82) is 0 Å². The lowest BCUT2D eigenvalue weighted by atomic mass is 9.95. The summed E-state index contributed by atoms with van der Waals surface area (Å²) < 4.78 is 17.5. The summed E-state index contributed by atoms with van der Waals surface area (Å²) in [5, 5.41) is 0. The minimum atomic E-state index is -0.856. The molecule has 0 aliphatic carbocycles. The molecule has 1 aliphatic heterocycles. The zero-order valence-electron chi connectivity index (χ0n) is 23.0. The summed E-state index contributed by atoms with van der Waals surface area (Å²) >= 11 is 1.17. The Morgan fingerprint density at radius 1 is 0.976 bits per heavy atom. The Bertz CT molecular complexity index is 1890. The van der Waals surface area contributed by atoms with Crippen LogP contribution in [-0.4, -0.2) is 29.6 Å². The number of esters is 3. The molecule has 1 atom stereocenters. The number of aromatic nitrogens is 1. The monoisotopic (exact) mass is 582 g/mol. The molecular weight excluding hydrogens is 556 g/mol. The van der Waals surface area contributed by atoms with E-state index < -0.39 is 23.9 Å². The SMILES string of the molecule is COC(=O)c1ccc(C2C(C(=O)OCc3ccccc3)=C(C)N=c3sc(=Cc4cccc(OC(C)=O)c4)c(=O)n32)cc1. The first-order valence-corrected chi connectivity index (χ1v) is 13.8. The van der Waals surface area contributed by atoms with Crippen LogP contribution in [0.5, 0.6) is 5.75 Å². The van der Waals surface area contributed by atoms with Gasteiger partial charge in [-0.2, -0.15) is 0 Å². The molecule has 9 nitrogen and oxygen atoms in total. The fourth-order valence-corrected chi connectivity index (χ4v) is 5.65. The van der Waals surface area contributed by atoms with E-state index in [9.17, 15) is 19.2 Å². The molecule has 42 heavy (non-hydrogen) atoms. The van der Waals surface area contributed by atoms with E-state index in [0.29, 0.717) is 37.5 Å². The van der Waals surface area contributed by atoms with Gasteiger partial charge in [0.1, 0.15) is 12.4 Å². The van der Waals surface area contributed by atoms with E-state index in [2.05, 4.69) is 4.99 Å². The molecule has 0 radical (unpaired) electrons. The molecule has 0 spiro atoms. The third kappa shape index (κ3) is 5.98. The van der Waals surface area contributed by atoms with Gasteiger partial charge in [-0.05, 0) is 54.0 Å². The number of rotatable bonds is 7. The van der Waals surface area contributed by atoms with Crippen molar-refractivity contribution in [1.82, 2.24) is 4.57 Å². The van der Waals surface area contributed by atoms with Crippen molar-refractivity contribution in [3.05, 3.63) is 132 Å². The number of benzene rings is 3. The van der Waals surface area contributed by atoms with Crippen molar-refractivity contribution in [3.8, 4) is 5.75 Å². The van der Waals surface area contributed by atoms with Crippen LogP contribution < -0.4 is 19.6 Å². The van der Waals surface area contributed by atoms with Crippen LogP contribution >= 0.6 is 11.3 Å². The number of thiazole rings is 1. The van der Waals surface area contributed by atoms with Crippen LogP contribution in [0.1, 0.15) is 46.9 Å². The average molecular weight is 583 g/mol. The van der Waals surface area contributed by atoms with Gasteiger partial charge in [-0.3, -0.25) is 14.2 Å². The smallest absolute Gasteiger partial charge is 0.338 e. The van der Waals surface area contributed by atoms with Crippen LogP contribution in [0.25, 0.3) is 6.08 Å². The Balaban J connectivity index is 1.60. The van der Waals surface area contributed by atoms with Crippen LogP contribution in [0.4, 0.5) is 0 Å². The second-order valence-corrected chi connectivity index (χ2v) is 10.4. The predicted octanol–water partition coefficient (Wildman–Crippen LogP) is 3.69. The molecule has 0 bridgehead atoms. The third-order valence-corrected chi connectivity index (χ3v) is 7.50. The number of ether oxygens (including phenoxy) is 3. The van der Waals surface area contributed by atoms with Gasteiger partial charge in [0.15, 0.2) is 4.80 Å². The van der Waals surface area contributed by atoms with E-state index in [1.165, 1.54) is 29.9 Å². The van der Waals surface area contributed by atoms with Gasteiger partial charge in [-0.15, -0.1) is 0 Å². The lowest BCUT2D eigenvalue weighted by molar-refractivity contribution is -0.141. The summed E-state index contributed by atoms with van der Waals surface area (Å²) in [5.41, 5.74) is 2.66. The van der Waals surface area contributed by atoms with E-state index in [4.69, 9.17) is 14.2 Å². The highest BCUT2D eigenvalue weighted by Gasteiger charge is 2.33. The number of methoxy groups -OCH3 is 1. The average Bonchev–Trinajstić information content (AvgIpc) is 3.29. The summed E-state index contributed by atoms with van der Waals surface area (Å²) in [4.78, 5) is 55.9. The number of carbonyl (C=O) groups is 3. The molecule has 2 heterocycles. The topological polar surface area (TPSA) is 113 Å². The molecule has 212 valence electrons. The summed E-state index contributed by atoms with van der Waals surface area (Å²) in [6, 6.07) is 21.8. The molecule has 1 aliphatic rings. The highest BCUT2D eigenvalue weighted by Crippen LogP contribution is 2.31. The number of hydrogen-bond donors (Lipinski definition) is 0. The van der Waals surface area contributed by atoms with Crippen molar-refractivity contribution in [2.45, 2.75) is 26.5 Å². The van der Waals surface area contributed by atoms with E-state index in [0.717, 1.165) is 5.56 Å². The Kier molecular flexibility index (Phi) is 8.26. The quantitative estimate of drug-likeness (QED) is 0.241. The highest BCUT2D eigenvalue weighted by molar-refractivity contribution is 7.07. The molecule has 3 aromatic carbocycles. The maximum Gasteiger partial charge on any atom is 0.338 e. The Morgan fingerprint density at radius 3 is 2.40 bits per heavy atom. The van der Waals surface area contributed by atoms with Crippen LogP contribution in [0.2, 0.25) is 0 Å². The summed E-state index contributed by atoms with van der Waals surface area (Å²) in [6.07, 6.45) is 1.68. The molecule has 5 rings (SSSR count). The number of nitrogens with zero attached hydrogens (tertiary/aromatic N) is 2. The molecule has 0 fully saturated rings. The molecule has 0 amide bonds. The summed E-state index contributed by atoms with van der Waals surface area (Å²) in [7, 11) is 1.29. The van der Waals surface area contributed by atoms with Crippen molar-refractivity contribution in [3.63, 3.8) is 0 Å². The van der Waals surface area contributed by atoms with Crippen LogP contribution in [0.3, 0.4) is 0 Å². The maximum atomic E-state index is 13.9. The van der Waals surface area contributed by atoms with Crippen molar-refractivity contribution >= 4 is 35.3 Å². The zero-order chi connectivity index (χ0) is 29.8. The Labute approximate surface area is 244 Å². The van der Waals surface area contributed by atoms with Crippen molar-refractivity contribution < 1.29 is 28.6 Å². The third-order valence-electron chi connectivity index (χ3n) is 6.52. The van der Waals surface area contributed by atoms with E-state index in [1.807, 2.05) is 30.3 Å². The number of carbonyl (C=O) groups excluding carboxylic acids is 3. The predicted molar refractivity (Wildman–Crippen MR) is 156 cm³/mol. The molecule has 1 aromatic heterocycles. The largest absolute Gasteiger partial charge is 0.465 e. The molecule has 10 heteroatoms. The first-order valence-electron chi connectivity index (χ1n) is 13.0. The Hall–Kier alpha value is -5.09. The van der Waals surface area contributed by atoms with Gasteiger partial charge in [0, 0.05) is 6.92 Å². The molecule has 0 N–H and O–H groups in total. The Morgan fingerprint density at radius 2 is 1.71 bits per heavy atom. The van der Waals surface area contributed by atoms with E-state index in [1.54, 1.807) is 61.5 Å². The number of allylic oxidation sites excluding steroid dienone is 1.